The first kappa shape index (κ1) is 19.0. The van der Waals surface area contributed by atoms with Crippen LogP contribution in [0.2, 0.25) is 0 Å². The highest BCUT2D eigenvalue weighted by Crippen LogP contribution is 2.43. The van der Waals surface area contributed by atoms with Crippen molar-refractivity contribution in [3.8, 4) is 0 Å². The summed E-state index contributed by atoms with van der Waals surface area (Å²) in [5, 5.41) is 9.39. The second-order valence-electron chi connectivity index (χ2n) is 6.67. The van der Waals surface area contributed by atoms with Gasteiger partial charge in [0.1, 0.15) is 17.4 Å². The van der Waals surface area contributed by atoms with E-state index in [1.807, 2.05) is 0 Å². The number of carbonyl (C=O) groups excluding carboxylic acids is 1. The van der Waals surface area contributed by atoms with E-state index in [-0.39, 0.29) is 24.5 Å². The van der Waals surface area contributed by atoms with Gasteiger partial charge in [0.15, 0.2) is 11.7 Å². The summed E-state index contributed by atoms with van der Waals surface area (Å²) in [5.41, 5.74) is 0.497. The predicted molar refractivity (Wildman–Crippen MR) is 94.6 cm³/mol. The Morgan fingerprint density at radius 2 is 2.03 bits per heavy atom. The average molecular weight is 408 g/mol. The van der Waals surface area contributed by atoms with Gasteiger partial charge in [-0.3, -0.25) is 4.79 Å². The van der Waals surface area contributed by atoms with Gasteiger partial charge in [0.25, 0.3) is 5.91 Å². The van der Waals surface area contributed by atoms with E-state index in [1.54, 1.807) is 12.1 Å². The number of amides is 1. The van der Waals surface area contributed by atoms with Gasteiger partial charge < -0.3 is 15.1 Å². The molecule has 0 saturated carbocycles. The maximum absolute atomic E-state index is 13.6. The number of hydrogen-bond donors (Lipinski definition) is 2. The zero-order chi connectivity index (χ0) is 20.6. The maximum atomic E-state index is 13.6. The molecule has 4 rings (SSSR count). The van der Waals surface area contributed by atoms with Gasteiger partial charge in [0.2, 0.25) is 0 Å². The monoisotopic (exact) mass is 408 g/mol. The molecule has 1 aliphatic rings. The lowest BCUT2D eigenvalue weighted by Gasteiger charge is -2.32. The molecule has 29 heavy (non-hydrogen) atoms. The Morgan fingerprint density at radius 3 is 2.69 bits per heavy atom. The highest BCUT2D eigenvalue weighted by molar-refractivity contribution is 5.93. The van der Waals surface area contributed by atoms with E-state index in [0.29, 0.717) is 11.3 Å². The second-order valence-corrected chi connectivity index (χ2v) is 6.67. The molecular weight excluding hydrogens is 392 g/mol. The molecule has 0 aliphatic carbocycles. The topological polar surface area (TPSA) is 72.1 Å². The predicted octanol–water partition coefficient (Wildman–Crippen LogP) is 4.21. The number of carbonyl (C=O) groups is 1. The SMILES string of the molecule is O=C(NCc1ccc(F)cc1)c1cc2n(n1)[C@H](C(F)(F)F)C[C@H](c1ccco1)N2. The fourth-order valence-corrected chi connectivity index (χ4v) is 3.24. The zero-order valence-electron chi connectivity index (χ0n) is 14.9. The van der Waals surface area contributed by atoms with Gasteiger partial charge in [-0.25, -0.2) is 9.07 Å². The van der Waals surface area contributed by atoms with Crippen molar-refractivity contribution >= 4 is 11.7 Å². The second kappa shape index (κ2) is 7.26. The van der Waals surface area contributed by atoms with Crippen molar-refractivity contribution in [2.75, 3.05) is 5.32 Å². The van der Waals surface area contributed by atoms with Gasteiger partial charge in [0.05, 0.1) is 12.3 Å². The zero-order valence-corrected chi connectivity index (χ0v) is 14.9. The number of rotatable bonds is 4. The van der Waals surface area contributed by atoms with Crippen LogP contribution in [-0.4, -0.2) is 21.9 Å². The third-order valence-electron chi connectivity index (χ3n) is 4.68. The van der Waals surface area contributed by atoms with Crippen molar-refractivity contribution in [1.29, 1.82) is 0 Å². The van der Waals surface area contributed by atoms with Crippen molar-refractivity contribution in [1.82, 2.24) is 15.1 Å². The van der Waals surface area contributed by atoms with E-state index in [1.165, 1.54) is 36.6 Å². The number of aromatic nitrogens is 2. The third kappa shape index (κ3) is 3.96. The van der Waals surface area contributed by atoms with Gasteiger partial charge in [-0.2, -0.15) is 18.3 Å². The minimum absolute atomic E-state index is 0.0758. The van der Waals surface area contributed by atoms with Crippen LogP contribution >= 0.6 is 0 Å². The molecule has 0 fully saturated rings. The quantitative estimate of drug-likeness (QED) is 0.635. The lowest BCUT2D eigenvalue weighted by Crippen LogP contribution is -2.35. The Morgan fingerprint density at radius 1 is 1.28 bits per heavy atom. The number of fused-ring (bicyclic) bond motifs is 1. The van der Waals surface area contributed by atoms with Crippen LogP contribution in [-0.2, 0) is 6.54 Å². The first-order valence-electron chi connectivity index (χ1n) is 8.80. The number of benzene rings is 1. The summed E-state index contributed by atoms with van der Waals surface area (Å²) in [6.07, 6.45) is -3.47. The summed E-state index contributed by atoms with van der Waals surface area (Å²) >= 11 is 0. The summed E-state index contributed by atoms with van der Waals surface area (Å²) in [4.78, 5) is 12.4. The van der Waals surface area contributed by atoms with Gasteiger partial charge >= 0.3 is 6.18 Å². The number of nitrogens with one attached hydrogen (secondary N) is 2. The van der Waals surface area contributed by atoms with Gasteiger partial charge in [-0.15, -0.1) is 0 Å². The minimum atomic E-state index is -4.55. The van der Waals surface area contributed by atoms with Crippen molar-refractivity contribution < 1.29 is 26.8 Å². The number of anilines is 1. The molecule has 2 N–H and O–H groups in total. The van der Waals surface area contributed by atoms with Crippen molar-refractivity contribution in [3.05, 3.63) is 71.6 Å². The molecule has 0 bridgehead atoms. The summed E-state index contributed by atoms with van der Waals surface area (Å²) in [5.74, 6) is -0.591. The van der Waals surface area contributed by atoms with Crippen molar-refractivity contribution in [2.24, 2.45) is 0 Å². The summed E-state index contributed by atoms with van der Waals surface area (Å²) < 4.78 is 59.8. The molecule has 1 aromatic carbocycles. The fraction of sp³-hybridized carbons (Fsp3) is 0.263. The third-order valence-corrected chi connectivity index (χ3v) is 4.68. The first-order valence-corrected chi connectivity index (χ1v) is 8.80. The van der Waals surface area contributed by atoms with Crippen LogP contribution in [0.1, 0.15) is 40.3 Å². The van der Waals surface area contributed by atoms with E-state index < -0.39 is 30.0 Å². The van der Waals surface area contributed by atoms with Gasteiger partial charge in [-0.1, -0.05) is 12.1 Å². The number of nitrogens with zero attached hydrogens (tertiary/aromatic N) is 2. The molecule has 6 nitrogen and oxygen atoms in total. The molecule has 0 spiro atoms. The maximum Gasteiger partial charge on any atom is 0.410 e. The standard InChI is InChI=1S/C19H16F4N4O2/c20-12-5-3-11(4-6-12)10-24-18(28)14-9-17-25-13(15-2-1-7-29-15)8-16(19(21,22)23)27(17)26-14/h1-7,9,13,16,25H,8,10H2,(H,24,28)/t13-,16+/m1/s1. The van der Waals surface area contributed by atoms with Crippen LogP contribution in [0.4, 0.5) is 23.4 Å². The largest absolute Gasteiger partial charge is 0.467 e. The van der Waals surface area contributed by atoms with Crippen LogP contribution < -0.4 is 10.6 Å². The molecule has 0 radical (unpaired) electrons. The van der Waals surface area contributed by atoms with Crippen LogP contribution in [0.3, 0.4) is 0 Å². The molecule has 3 aromatic rings. The van der Waals surface area contributed by atoms with Gasteiger partial charge in [0, 0.05) is 19.0 Å². The van der Waals surface area contributed by atoms with Crippen LogP contribution in [0.15, 0.2) is 53.1 Å². The highest BCUT2D eigenvalue weighted by Gasteiger charge is 2.47. The van der Waals surface area contributed by atoms with Crippen molar-refractivity contribution in [3.63, 3.8) is 0 Å². The Balaban J connectivity index is 1.55. The Kier molecular flexibility index (Phi) is 4.77. The van der Waals surface area contributed by atoms with E-state index in [4.69, 9.17) is 4.42 Å². The van der Waals surface area contributed by atoms with E-state index >= 15 is 0 Å². The summed E-state index contributed by atoms with van der Waals surface area (Å²) in [7, 11) is 0. The molecule has 10 heteroatoms. The normalized spacial score (nSPS) is 18.8. The van der Waals surface area contributed by atoms with Gasteiger partial charge in [-0.05, 0) is 29.8 Å². The molecule has 2 atom stereocenters. The molecule has 3 heterocycles. The van der Waals surface area contributed by atoms with Crippen LogP contribution in [0.25, 0.3) is 0 Å². The Labute approximate surface area is 162 Å². The lowest BCUT2D eigenvalue weighted by molar-refractivity contribution is -0.174. The van der Waals surface area contributed by atoms with Crippen LogP contribution in [0, 0.1) is 5.82 Å². The Hall–Kier alpha value is -3.30. The fourth-order valence-electron chi connectivity index (χ4n) is 3.24. The minimum Gasteiger partial charge on any atom is -0.467 e. The summed E-state index contributed by atoms with van der Waals surface area (Å²) in [6, 6.07) is 7.38. The van der Waals surface area contributed by atoms with E-state index in [2.05, 4.69) is 15.7 Å². The van der Waals surface area contributed by atoms with E-state index in [0.717, 1.165) is 4.68 Å². The number of hydrogen-bond acceptors (Lipinski definition) is 4. The number of alkyl halides is 3. The smallest absolute Gasteiger partial charge is 0.410 e. The van der Waals surface area contributed by atoms with E-state index in [9.17, 15) is 22.4 Å². The highest BCUT2D eigenvalue weighted by atomic mass is 19.4. The number of halogens is 4. The molecule has 2 aromatic heterocycles. The first-order chi connectivity index (χ1) is 13.8. The molecule has 1 amide bonds. The molecule has 152 valence electrons. The molecule has 1 aliphatic heterocycles. The average Bonchev–Trinajstić information content (AvgIpc) is 3.35. The summed E-state index contributed by atoms with van der Waals surface area (Å²) in [6.45, 7) is 0.0897. The van der Waals surface area contributed by atoms with Crippen molar-refractivity contribution in [2.45, 2.75) is 31.2 Å². The lowest BCUT2D eigenvalue weighted by atomic mass is 10.0. The molecular formula is C19H16F4N4O2. The van der Waals surface area contributed by atoms with Crippen LogP contribution in [0.5, 0.6) is 0 Å². The number of furan rings is 1. The molecule has 0 unspecified atom stereocenters. The molecule has 0 saturated heterocycles. The Bertz CT molecular complexity index is 996.